The highest BCUT2D eigenvalue weighted by Gasteiger charge is 2.17. The van der Waals surface area contributed by atoms with Crippen LogP contribution in [0.15, 0.2) is 46.9 Å². The third-order valence-electron chi connectivity index (χ3n) is 3.67. The molecule has 1 heterocycles. The first kappa shape index (κ1) is 15.3. The monoisotopic (exact) mass is 309 g/mol. The summed E-state index contributed by atoms with van der Waals surface area (Å²) >= 11 is 0. The van der Waals surface area contributed by atoms with Crippen molar-refractivity contribution >= 4 is 17.1 Å². The fraction of sp³-hybridized carbons (Fsp3) is 0.263. The number of rotatable bonds is 2. The summed E-state index contributed by atoms with van der Waals surface area (Å²) in [5.74, 6) is 0.585. The number of hydrogen-bond acceptors (Lipinski definition) is 4. The lowest BCUT2D eigenvalue weighted by Crippen LogP contribution is -2.12. The van der Waals surface area contributed by atoms with Gasteiger partial charge in [-0.3, -0.25) is 0 Å². The molecule has 0 saturated heterocycles. The van der Waals surface area contributed by atoms with Gasteiger partial charge in [0.15, 0.2) is 11.5 Å². The quantitative estimate of drug-likeness (QED) is 0.510. The van der Waals surface area contributed by atoms with Crippen LogP contribution in [0.25, 0.3) is 11.1 Å². The maximum Gasteiger partial charge on any atom is 0.347 e. The van der Waals surface area contributed by atoms with Crippen LogP contribution in [0, 0.1) is 6.92 Å². The van der Waals surface area contributed by atoms with Crippen LogP contribution in [0.1, 0.15) is 42.6 Å². The summed E-state index contributed by atoms with van der Waals surface area (Å²) in [6.07, 6.45) is 0. The fourth-order valence-corrected chi connectivity index (χ4v) is 2.41. The van der Waals surface area contributed by atoms with Crippen molar-refractivity contribution in [2.75, 3.05) is 0 Å². The second-order valence-corrected chi connectivity index (χ2v) is 6.55. The first-order chi connectivity index (χ1) is 10.8. The Morgan fingerprint density at radius 3 is 2.43 bits per heavy atom. The highest BCUT2D eigenvalue weighted by Crippen LogP contribution is 2.25. The van der Waals surface area contributed by atoms with E-state index in [2.05, 4.69) is 25.8 Å². The maximum atomic E-state index is 12.4. The Labute approximate surface area is 135 Å². The molecule has 3 rings (SSSR count). The maximum absolute atomic E-state index is 12.4. The summed E-state index contributed by atoms with van der Waals surface area (Å²) in [7, 11) is 0. The van der Waals surface area contributed by atoms with Gasteiger partial charge in [0, 0.05) is 6.92 Å². The molecule has 4 nitrogen and oxygen atoms in total. The van der Waals surface area contributed by atoms with Gasteiger partial charge >= 0.3 is 5.97 Å². The molecule has 0 saturated carbocycles. The minimum atomic E-state index is -0.449. The zero-order chi connectivity index (χ0) is 16.6. The van der Waals surface area contributed by atoms with Gasteiger partial charge in [-0.15, -0.1) is 0 Å². The minimum Gasteiger partial charge on any atom is -0.440 e. The summed E-state index contributed by atoms with van der Waals surface area (Å²) < 4.78 is 11.0. The van der Waals surface area contributed by atoms with E-state index in [9.17, 15) is 4.79 Å². The average Bonchev–Trinajstić information content (AvgIpc) is 2.86. The van der Waals surface area contributed by atoms with Gasteiger partial charge in [0.25, 0.3) is 0 Å². The van der Waals surface area contributed by atoms with E-state index in [-0.39, 0.29) is 5.41 Å². The summed E-state index contributed by atoms with van der Waals surface area (Å²) in [4.78, 5) is 16.6. The first-order valence-electron chi connectivity index (χ1n) is 7.53. The van der Waals surface area contributed by atoms with E-state index in [0.29, 0.717) is 28.3 Å². The Hall–Kier alpha value is -2.62. The van der Waals surface area contributed by atoms with Crippen molar-refractivity contribution in [1.29, 1.82) is 0 Å². The number of ether oxygens (including phenoxy) is 1. The molecule has 0 radical (unpaired) electrons. The number of oxazole rings is 1. The van der Waals surface area contributed by atoms with Crippen molar-refractivity contribution in [3.8, 4) is 5.75 Å². The molecular weight excluding hydrogens is 290 g/mol. The van der Waals surface area contributed by atoms with Crippen LogP contribution in [0.3, 0.4) is 0 Å². The fourth-order valence-electron chi connectivity index (χ4n) is 2.41. The molecule has 0 bridgehead atoms. The van der Waals surface area contributed by atoms with E-state index in [1.54, 1.807) is 25.1 Å². The highest BCUT2D eigenvalue weighted by molar-refractivity contribution is 6.01. The number of hydrogen-bond donors (Lipinski definition) is 0. The van der Waals surface area contributed by atoms with E-state index in [1.165, 1.54) is 5.56 Å². The third kappa shape index (κ3) is 3.11. The van der Waals surface area contributed by atoms with Crippen molar-refractivity contribution in [3.63, 3.8) is 0 Å². The third-order valence-corrected chi connectivity index (χ3v) is 3.67. The molecule has 0 fully saturated rings. The Bertz CT molecular complexity index is 854. The molecule has 0 unspecified atom stereocenters. The largest absolute Gasteiger partial charge is 0.440 e. The Kier molecular flexibility index (Phi) is 3.68. The highest BCUT2D eigenvalue weighted by atomic mass is 16.5. The van der Waals surface area contributed by atoms with Crippen LogP contribution in [0.4, 0.5) is 0 Å². The minimum absolute atomic E-state index is 0.0610. The van der Waals surface area contributed by atoms with Crippen molar-refractivity contribution in [3.05, 3.63) is 59.5 Å². The smallest absolute Gasteiger partial charge is 0.347 e. The number of fused-ring (bicyclic) bond motifs is 1. The molecule has 0 aliphatic carbocycles. The predicted molar refractivity (Wildman–Crippen MR) is 88.8 cm³/mol. The zero-order valence-electron chi connectivity index (χ0n) is 13.7. The van der Waals surface area contributed by atoms with Crippen LogP contribution >= 0.6 is 0 Å². The number of carbonyl (C=O) groups excluding carboxylic acids is 1. The first-order valence-corrected chi connectivity index (χ1v) is 7.53. The van der Waals surface area contributed by atoms with Crippen LogP contribution in [0.2, 0.25) is 0 Å². The molecule has 0 amide bonds. The topological polar surface area (TPSA) is 52.3 Å². The van der Waals surface area contributed by atoms with Gasteiger partial charge in [0.1, 0.15) is 16.8 Å². The number of carbonyl (C=O) groups is 1. The summed E-state index contributed by atoms with van der Waals surface area (Å²) in [6.45, 7) is 8.17. The van der Waals surface area contributed by atoms with Gasteiger partial charge < -0.3 is 9.15 Å². The van der Waals surface area contributed by atoms with Gasteiger partial charge in [-0.05, 0) is 35.2 Å². The lowest BCUT2D eigenvalue weighted by atomic mass is 9.87. The molecule has 0 N–H and O–H groups in total. The van der Waals surface area contributed by atoms with Crippen LogP contribution in [0.5, 0.6) is 5.75 Å². The molecule has 4 heteroatoms. The number of aromatic nitrogens is 1. The van der Waals surface area contributed by atoms with Crippen LogP contribution in [-0.4, -0.2) is 11.0 Å². The SMILES string of the molecule is Cc1nc2cccc(C(=O)Oc3ccc(C(C)(C)C)cc3)c2o1. The van der Waals surface area contributed by atoms with Gasteiger partial charge in [-0.1, -0.05) is 39.0 Å². The summed E-state index contributed by atoms with van der Waals surface area (Å²) in [6, 6.07) is 12.8. The molecule has 0 spiro atoms. The molecule has 3 aromatic rings. The number of esters is 1. The standard InChI is InChI=1S/C19H19NO3/c1-12-20-16-7-5-6-15(17(16)22-12)18(21)23-14-10-8-13(9-11-14)19(2,3)4/h5-11H,1-4H3. The van der Waals surface area contributed by atoms with Gasteiger partial charge in [0.2, 0.25) is 0 Å². The zero-order valence-corrected chi connectivity index (χ0v) is 13.7. The predicted octanol–water partition coefficient (Wildman–Crippen LogP) is 4.65. The van der Waals surface area contributed by atoms with Crippen molar-refractivity contribution in [2.45, 2.75) is 33.1 Å². The van der Waals surface area contributed by atoms with E-state index < -0.39 is 5.97 Å². The Morgan fingerprint density at radius 1 is 1.09 bits per heavy atom. The van der Waals surface area contributed by atoms with Crippen LogP contribution in [-0.2, 0) is 5.41 Å². The number of para-hydroxylation sites is 1. The molecule has 1 aromatic heterocycles. The second kappa shape index (κ2) is 5.54. The average molecular weight is 309 g/mol. The Morgan fingerprint density at radius 2 is 1.78 bits per heavy atom. The van der Waals surface area contributed by atoms with E-state index in [4.69, 9.17) is 9.15 Å². The number of aryl methyl sites for hydroxylation is 1. The van der Waals surface area contributed by atoms with Gasteiger partial charge in [-0.25, -0.2) is 9.78 Å². The normalized spacial score (nSPS) is 11.7. The van der Waals surface area contributed by atoms with E-state index in [1.807, 2.05) is 24.3 Å². The lowest BCUT2D eigenvalue weighted by molar-refractivity contribution is 0.0735. The van der Waals surface area contributed by atoms with Gasteiger partial charge in [-0.2, -0.15) is 0 Å². The van der Waals surface area contributed by atoms with Crippen molar-refractivity contribution < 1.29 is 13.9 Å². The molecule has 0 aliphatic heterocycles. The van der Waals surface area contributed by atoms with Crippen molar-refractivity contribution in [1.82, 2.24) is 4.98 Å². The number of benzene rings is 2. The van der Waals surface area contributed by atoms with Gasteiger partial charge in [0.05, 0.1) is 0 Å². The number of nitrogens with zero attached hydrogens (tertiary/aromatic N) is 1. The summed E-state index contributed by atoms with van der Waals surface area (Å²) in [5.41, 5.74) is 2.74. The molecule has 0 aliphatic rings. The molecule has 0 atom stereocenters. The molecule has 2 aromatic carbocycles. The van der Waals surface area contributed by atoms with E-state index in [0.717, 1.165) is 0 Å². The van der Waals surface area contributed by atoms with E-state index >= 15 is 0 Å². The molecule has 118 valence electrons. The molecular formula is C19H19NO3. The van der Waals surface area contributed by atoms with Crippen molar-refractivity contribution in [2.24, 2.45) is 0 Å². The summed E-state index contributed by atoms with van der Waals surface area (Å²) in [5, 5.41) is 0. The van der Waals surface area contributed by atoms with Crippen LogP contribution < -0.4 is 4.74 Å². The molecule has 23 heavy (non-hydrogen) atoms. The Balaban J connectivity index is 1.86. The lowest BCUT2D eigenvalue weighted by Gasteiger charge is -2.18. The second-order valence-electron chi connectivity index (χ2n) is 6.55.